The molecule has 2 rings (SSSR count). The molecule has 1 fully saturated rings. The zero-order valence-corrected chi connectivity index (χ0v) is 12.3. The Hall–Kier alpha value is -2.19. The smallest absolute Gasteiger partial charge is 0.273 e. The van der Waals surface area contributed by atoms with Crippen LogP contribution < -0.4 is 0 Å². The van der Waals surface area contributed by atoms with Crippen molar-refractivity contribution in [2.45, 2.75) is 0 Å². The van der Waals surface area contributed by atoms with Crippen molar-refractivity contribution in [3.8, 4) is 5.75 Å². The lowest BCUT2D eigenvalue weighted by Crippen LogP contribution is -2.27. The van der Waals surface area contributed by atoms with E-state index in [-0.39, 0.29) is 17.3 Å². The second-order valence-corrected chi connectivity index (χ2v) is 5.76. The number of nitrogens with zero attached hydrogens (tertiary/aromatic N) is 2. The number of carbonyl (C=O) groups excluding carboxylic acids is 1. The molecule has 1 saturated heterocycles. The normalized spacial score (nSPS) is 16.6. The number of non-ortho nitro benzene ring substituents is 1. The van der Waals surface area contributed by atoms with Crippen molar-refractivity contribution in [2.24, 2.45) is 0 Å². The molecule has 0 aliphatic carbocycles. The predicted octanol–water partition coefficient (Wildman–Crippen LogP) is 2.69. The summed E-state index contributed by atoms with van der Waals surface area (Å²) in [5.74, 6) is -0.541. The van der Waals surface area contributed by atoms with E-state index in [1.54, 1.807) is 6.08 Å². The summed E-state index contributed by atoms with van der Waals surface area (Å²) >= 11 is 6.20. The van der Waals surface area contributed by atoms with E-state index in [1.165, 1.54) is 23.1 Å². The van der Waals surface area contributed by atoms with Crippen molar-refractivity contribution in [3.05, 3.63) is 51.4 Å². The van der Waals surface area contributed by atoms with E-state index < -0.39 is 4.92 Å². The number of nitro groups is 1. The molecule has 0 aromatic heterocycles. The highest BCUT2D eigenvalue weighted by Crippen LogP contribution is 2.34. The lowest BCUT2D eigenvalue weighted by Gasteiger charge is -2.10. The van der Waals surface area contributed by atoms with Gasteiger partial charge in [-0.3, -0.25) is 19.8 Å². The third-order valence-electron chi connectivity index (χ3n) is 2.70. The molecular formula is C13H10N2O4S2. The highest BCUT2D eigenvalue weighted by atomic mass is 32.2. The van der Waals surface area contributed by atoms with Crippen molar-refractivity contribution >= 4 is 46.0 Å². The van der Waals surface area contributed by atoms with E-state index in [2.05, 4.69) is 6.58 Å². The predicted molar refractivity (Wildman–Crippen MR) is 84.8 cm³/mol. The highest BCUT2D eigenvalue weighted by Gasteiger charge is 2.31. The van der Waals surface area contributed by atoms with Crippen molar-refractivity contribution in [1.29, 1.82) is 0 Å². The molecule has 1 aliphatic heterocycles. The molecule has 0 radical (unpaired) electrons. The van der Waals surface area contributed by atoms with Gasteiger partial charge in [0.15, 0.2) is 0 Å². The molecule has 1 aromatic rings. The number of thioether (sulfide) groups is 1. The quantitative estimate of drug-likeness (QED) is 0.302. The first kappa shape index (κ1) is 15.2. The molecule has 21 heavy (non-hydrogen) atoms. The molecule has 6 nitrogen and oxygen atoms in total. The van der Waals surface area contributed by atoms with Crippen LogP contribution in [0.1, 0.15) is 5.56 Å². The average Bonchev–Trinajstić information content (AvgIpc) is 2.69. The van der Waals surface area contributed by atoms with Gasteiger partial charge in [-0.15, -0.1) is 6.58 Å². The van der Waals surface area contributed by atoms with E-state index in [1.807, 2.05) is 0 Å². The molecule has 0 bridgehead atoms. The highest BCUT2D eigenvalue weighted by molar-refractivity contribution is 8.26. The Kier molecular flexibility index (Phi) is 4.39. The van der Waals surface area contributed by atoms with Gasteiger partial charge in [0.05, 0.1) is 15.9 Å². The fourth-order valence-electron chi connectivity index (χ4n) is 1.70. The maximum atomic E-state index is 12.1. The van der Waals surface area contributed by atoms with Crippen LogP contribution in [0.4, 0.5) is 5.69 Å². The Morgan fingerprint density at radius 2 is 2.24 bits per heavy atom. The molecule has 0 unspecified atom stereocenters. The maximum absolute atomic E-state index is 12.1. The summed E-state index contributed by atoms with van der Waals surface area (Å²) in [6, 6.07) is 3.68. The van der Waals surface area contributed by atoms with Gasteiger partial charge in [-0.2, -0.15) is 0 Å². The molecule has 1 aromatic carbocycles. The maximum Gasteiger partial charge on any atom is 0.273 e. The van der Waals surface area contributed by atoms with Gasteiger partial charge in [-0.25, -0.2) is 0 Å². The van der Waals surface area contributed by atoms with E-state index >= 15 is 0 Å². The summed E-state index contributed by atoms with van der Waals surface area (Å²) in [6.45, 7) is 3.87. The van der Waals surface area contributed by atoms with Gasteiger partial charge in [0.25, 0.3) is 11.6 Å². The minimum absolute atomic E-state index is 0.219. The molecule has 1 N–H and O–H groups in total. The van der Waals surface area contributed by atoms with Crippen LogP contribution in [0.2, 0.25) is 0 Å². The zero-order chi connectivity index (χ0) is 15.6. The first-order chi connectivity index (χ1) is 9.93. The van der Waals surface area contributed by atoms with Crippen molar-refractivity contribution in [2.75, 3.05) is 6.54 Å². The van der Waals surface area contributed by atoms with E-state index in [0.717, 1.165) is 17.8 Å². The van der Waals surface area contributed by atoms with Gasteiger partial charge < -0.3 is 5.11 Å². The summed E-state index contributed by atoms with van der Waals surface area (Å²) in [5.41, 5.74) is 0.101. The number of aromatic hydroxyl groups is 1. The SMILES string of the molecule is C=CCN1C(=O)C(=Cc2ccc([N+](=O)[O-])cc2O)SC1=S. The number of hydrogen-bond acceptors (Lipinski definition) is 6. The molecule has 0 spiro atoms. The van der Waals surface area contributed by atoms with Crippen molar-refractivity contribution < 1.29 is 14.8 Å². The fraction of sp³-hybridized carbons (Fsp3) is 0.0769. The number of benzene rings is 1. The molecule has 0 saturated carbocycles. The molecular weight excluding hydrogens is 312 g/mol. The fourth-order valence-corrected chi connectivity index (χ4v) is 2.96. The number of nitro benzene ring substituents is 1. The summed E-state index contributed by atoms with van der Waals surface area (Å²) in [4.78, 5) is 23.9. The summed E-state index contributed by atoms with van der Waals surface area (Å²) < 4.78 is 0.410. The Morgan fingerprint density at radius 1 is 1.52 bits per heavy atom. The van der Waals surface area contributed by atoms with Gasteiger partial charge in [-0.1, -0.05) is 30.1 Å². The van der Waals surface area contributed by atoms with Crippen LogP contribution >= 0.6 is 24.0 Å². The summed E-state index contributed by atoms with van der Waals surface area (Å²) in [5, 5.41) is 20.4. The second kappa shape index (κ2) is 6.06. The average molecular weight is 322 g/mol. The molecule has 1 heterocycles. The minimum Gasteiger partial charge on any atom is -0.507 e. The molecule has 108 valence electrons. The van der Waals surface area contributed by atoms with Crippen LogP contribution in [0.3, 0.4) is 0 Å². The molecule has 1 aliphatic rings. The molecule has 0 atom stereocenters. The zero-order valence-electron chi connectivity index (χ0n) is 10.7. The van der Waals surface area contributed by atoms with Crippen LogP contribution in [0.15, 0.2) is 35.8 Å². The van der Waals surface area contributed by atoms with Crippen LogP contribution in [-0.4, -0.2) is 31.7 Å². The lowest BCUT2D eigenvalue weighted by molar-refractivity contribution is -0.384. The minimum atomic E-state index is -0.604. The molecule has 1 amide bonds. The molecule has 8 heteroatoms. The van der Waals surface area contributed by atoms with Gasteiger partial charge in [0.1, 0.15) is 10.1 Å². The van der Waals surface area contributed by atoms with Crippen LogP contribution in [0.5, 0.6) is 5.75 Å². The summed E-state index contributed by atoms with van der Waals surface area (Å²) in [7, 11) is 0. The van der Waals surface area contributed by atoms with Crippen LogP contribution in [0.25, 0.3) is 6.08 Å². The number of phenols is 1. The number of amides is 1. The largest absolute Gasteiger partial charge is 0.507 e. The Balaban J connectivity index is 2.32. The van der Waals surface area contributed by atoms with Gasteiger partial charge >= 0.3 is 0 Å². The Bertz CT molecular complexity index is 685. The van der Waals surface area contributed by atoms with Gasteiger partial charge in [0, 0.05) is 18.2 Å². The number of rotatable bonds is 4. The van der Waals surface area contributed by atoms with E-state index in [4.69, 9.17) is 12.2 Å². The first-order valence-electron chi connectivity index (χ1n) is 5.77. The van der Waals surface area contributed by atoms with E-state index in [0.29, 0.717) is 21.3 Å². The lowest BCUT2D eigenvalue weighted by atomic mass is 10.1. The van der Waals surface area contributed by atoms with Gasteiger partial charge in [-0.05, 0) is 12.1 Å². The second-order valence-electron chi connectivity index (χ2n) is 4.08. The van der Waals surface area contributed by atoms with Crippen molar-refractivity contribution in [3.63, 3.8) is 0 Å². The standard InChI is InChI=1S/C13H10N2O4S2/c1-2-5-14-12(17)11(21-13(14)20)6-8-3-4-9(15(18)19)7-10(8)16/h2-4,6-7,16H,1,5H2. The van der Waals surface area contributed by atoms with Gasteiger partial charge in [0.2, 0.25) is 0 Å². The topological polar surface area (TPSA) is 83.7 Å². The number of hydrogen-bond donors (Lipinski definition) is 1. The number of thiocarbonyl (C=S) groups is 1. The monoisotopic (exact) mass is 322 g/mol. The third kappa shape index (κ3) is 3.11. The van der Waals surface area contributed by atoms with E-state index in [9.17, 15) is 20.0 Å². The van der Waals surface area contributed by atoms with Crippen molar-refractivity contribution in [1.82, 2.24) is 4.90 Å². The number of phenolic OH excluding ortho intramolecular Hbond substituents is 1. The van der Waals surface area contributed by atoms with Crippen LogP contribution in [0, 0.1) is 10.1 Å². The third-order valence-corrected chi connectivity index (χ3v) is 4.07. The Morgan fingerprint density at radius 3 is 2.81 bits per heavy atom. The van der Waals surface area contributed by atoms with Crippen LogP contribution in [-0.2, 0) is 4.79 Å². The first-order valence-corrected chi connectivity index (χ1v) is 7.00. The summed E-state index contributed by atoms with van der Waals surface area (Å²) in [6.07, 6.45) is 3.03. The Labute approximate surface area is 129 Å². The number of carbonyl (C=O) groups is 1.